The highest BCUT2D eigenvalue weighted by Gasteiger charge is 2.13. The smallest absolute Gasteiger partial charge is 0.337 e. The first-order valence-corrected chi connectivity index (χ1v) is 4.15. The fraction of sp³-hybridized carbons (Fsp3) is 0. The third-order valence-corrected chi connectivity index (χ3v) is 1.84. The molecule has 6 heteroatoms. The summed E-state index contributed by atoms with van der Waals surface area (Å²) in [5.74, 6) is -1.99. The third-order valence-electron chi connectivity index (χ3n) is 1.43. The lowest BCUT2D eigenvalue weighted by molar-refractivity contribution is 0.0697. The molecule has 14 heavy (non-hydrogen) atoms. The third kappa shape index (κ3) is 2.14. The first-order chi connectivity index (χ1) is 6.56. The molecule has 0 amide bonds. The molecule has 0 saturated carbocycles. The van der Waals surface area contributed by atoms with Crippen LogP contribution in [0.15, 0.2) is 17.1 Å². The molecule has 3 nitrogen and oxygen atoms in total. The number of nitrogens with zero attached hydrogens (tertiary/aromatic N) is 1. The molecular weight excluding hydrogens is 229 g/mol. The molecule has 1 N–H and O–H groups in total. The van der Waals surface area contributed by atoms with Crippen LogP contribution in [-0.2, 0) is 0 Å². The zero-order chi connectivity index (χ0) is 10.7. The largest absolute Gasteiger partial charge is 0.478 e. The van der Waals surface area contributed by atoms with Crippen molar-refractivity contribution in [3.8, 4) is 0 Å². The maximum absolute atomic E-state index is 13.0. The number of isothiocyanates is 1. The molecule has 0 aliphatic rings. The van der Waals surface area contributed by atoms with Crippen molar-refractivity contribution in [1.29, 1.82) is 0 Å². The zero-order valence-electron chi connectivity index (χ0n) is 6.62. The molecule has 1 aromatic rings. The van der Waals surface area contributed by atoms with E-state index in [1.807, 2.05) is 5.16 Å². The summed E-state index contributed by atoms with van der Waals surface area (Å²) in [5.41, 5.74) is -0.418. The summed E-state index contributed by atoms with van der Waals surface area (Å²) in [7, 11) is 0. The minimum absolute atomic E-state index is 0.182. The zero-order valence-corrected chi connectivity index (χ0v) is 8.19. The van der Waals surface area contributed by atoms with Gasteiger partial charge in [-0.2, -0.15) is 4.99 Å². The monoisotopic (exact) mass is 231 g/mol. The Morgan fingerprint density at radius 3 is 2.79 bits per heavy atom. The molecule has 0 aliphatic carbocycles. The number of thiocarbonyl (C=S) groups is 1. The van der Waals surface area contributed by atoms with Crippen molar-refractivity contribution in [3.05, 3.63) is 28.5 Å². The number of hydrogen-bond acceptors (Lipinski definition) is 3. The summed E-state index contributed by atoms with van der Waals surface area (Å²) < 4.78 is 13.0. The van der Waals surface area contributed by atoms with Crippen LogP contribution in [0.3, 0.4) is 0 Å². The Labute approximate surface area is 88.8 Å². The van der Waals surface area contributed by atoms with Gasteiger partial charge in [0, 0.05) is 0 Å². The van der Waals surface area contributed by atoms with E-state index < -0.39 is 11.8 Å². The molecular formula is C8H3ClFNO2S. The number of hydrogen-bond donors (Lipinski definition) is 1. The van der Waals surface area contributed by atoms with Crippen molar-refractivity contribution < 1.29 is 14.3 Å². The van der Waals surface area contributed by atoms with E-state index in [2.05, 4.69) is 17.2 Å². The van der Waals surface area contributed by atoms with Crippen molar-refractivity contribution in [2.24, 2.45) is 4.99 Å². The van der Waals surface area contributed by atoms with Gasteiger partial charge in [0.1, 0.15) is 5.69 Å². The van der Waals surface area contributed by atoms with E-state index in [0.29, 0.717) is 0 Å². The number of benzene rings is 1. The maximum atomic E-state index is 13.0. The first-order valence-electron chi connectivity index (χ1n) is 3.36. The van der Waals surface area contributed by atoms with Crippen LogP contribution in [0.25, 0.3) is 0 Å². The van der Waals surface area contributed by atoms with Gasteiger partial charge in [-0.05, 0) is 24.4 Å². The number of carboxylic acid groups (broad SMARTS) is 1. The molecule has 72 valence electrons. The molecule has 0 bridgehead atoms. The predicted octanol–water partition coefficient (Wildman–Crippen LogP) is 2.91. The molecule has 0 atom stereocenters. The van der Waals surface area contributed by atoms with Crippen molar-refractivity contribution in [2.45, 2.75) is 0 Å². The van der Waals surface area contributed by atoms with Gasteiger partial charge in [0.05, 0.1) is 15.7 Å². The van der Waals surface area contributed by atoms with Gasteiger partial charge in [-0.3, -0.25) is 0 Å². The molecule has 0 saturated heterocycles. The van der Waals surface area contributed by atoms with Crippen LogP contribution < -0.4 is 0 Å². The lowest BCUT2D eigenvalue weighted by Crippen LogP contribution is -1.97. The Morgan fingerprint density at radius 2 is 2.29 bits per heavy atom. The first kappa shape index (κ1) is 10.8. The second-order valence-electron chi connectivity index (χ2n) is 2.29. The molecule has 0 fully saturated rings. The Kier molecular flexibility index (Phi) is 3.30. The number of carbonyl (C=O) groups is 1. The number of aliphatic imine (C=N–C) groups is 1. The Hall–Kier alpha value is -1.29. The summed E-state index contributed by atoms with van der Waals surface area (Å²) in [6.45, 7) is 0. The molecule has 0 unspecified atom stereocenters. The summed E-state index contributed by atoms with van der Waals surface area (Å²) in [6.07, 6.45) is 0. The Morgan fingerprint density at radius 1 is 1.64 bits per heavy atom. The van der Waals surface area contributed by atoms with Crippen LogP contribution in [0.1, 0.15) is 10.4 Å². The van der Waals surface area contributed by atoms with Crippen LogP contribution in [0.2, 0.25) is 5.02 Å². The van der Waals surface area contributed by atoms with Crippen molar-refractivity contribution >= 4 is 40.6 Å². The minimum atomic E-state index is -1.25. The predicted molar refractivity (Wildman–Crippen MR) is 53.1 cm³/mol. The van der Waals surface area contributed by atoms with Gasteiger partial charge in [-0.1, -0.05) is 11.6 Å². The van der Waals surface area contributed by atoms with Gasteiger partial charge in [0.25, 0.3) is 0 Å². The Balaban J connectivity index is 3.41. The van der Waals surface area contributed by atoms with Gasteiger partial charge in [-0.25, -0.2) is 9.18 Å². The average Bonchev–Trinajstić information content (AvgIpc) is 2.09. The van der Waals surface area contributed by atoms with Crippen LogP contribution in [-0.4, -0.2) is 16.2 Å². The van der Waals surface area contributed by atoms with Crippen molar-refractivity contribution in [1.82, 2.24) is 0 Å². The summed E-state index contributed by atoms with van der Waals surface area (Å²) in [4.78, 5) is 14.0. The lowest BCUT2D eigenvalue weighted by atomic mass is 10.2. The molecule has 1 aromatic carbocycles. The van der Waals surface area contributed by atoms with Gasteiger partial charge < -0.3 is 5.11 Å². The van der Waals surface area contributed by atoms with E-state index in [1.165, 1.54) is 0 Å². The van der Waals surface area contributed by atoms with E-state index in [1.54, 1.807) is 0 Å². The van der Waals surface area contributed by atoms with E-state index >= 15 is 0 Å². The number of carboxylic acids is 1. The highest BCUT2D eigenvalue weighted by atomic mass is 35.5. The Bertz CT molecular complexity index is 420. The second-order valence-corrected chi connectivity index (χ2v) is 2.88. The molecule has 1 rings (SSSR count). The van der Waals surface area contributed by atoms with E-state index in [-0.39, 0.29) is 16.3 Å². The minimum Gasteiger partial charge on any atom is -0.478 e. The summed E-state index contributed by atoms with van der Waals surface area (Å²) >= 11 is 9.76. The van der Waals surface area contributed by atoms with Crippen molar-refractivity contribution in [2.75, 3.05) is 0 Å². The number of rotatable bonds is 2. The molecule has 0 aromatic heterocycles. The average molecular weight is 232 g/mol. The normalized spacial score (nSPS) is 9.29. The van der Waals surface area contributed by atoms with Gasteiger partial charge in [0.15, 0.2) is 5.82 Å². The van der Waals surface area contributed by atoms with E-state index in [9.17, 15) is 9.18 Å². The number of halogens is 2. The SMILES string of the molecule is O=C(O)c1cc(N=C=S)c(F)cc1Cl. The highest BCUT2D eigenvalue weighted by Crippen LogP contribution is 2.25. The number of aromatic carboxylic acids is 1. The quantitative estimate of drug-likeness (QED) is 0.629. The highest BCUT2D eigenvalue weighted by molar-refractivity contribution is 7.78. The standard InChI is InChI=1S/C8H3ClFNO2S/c9-5-2-6(10)7(11-3-14)1-4(5)8(12)13/h1-2H,(H,12,13). The van der Waals surface area contributed by atoms with Crippen LogP contribution in [0, 0.1) is 5.82 Å². The fourth-order valence-corrected chi connectivity index (χ4v) is 1.17. The second kappa shape index (κ2) is 4.28. The van der Waals surface area contributed by atoms with Gasteiger partial charge in [-0.15, -0.1) is 0 Å². The van der Waals surface area contributed by atoms with Crippen molar-refractivity contribution in [3.63, 3.8) is 0 Å². The van der Waals surface area contributed by atoms with Crippen LogP contribution in [0.5, 0.6) is 0 Å². The van der Waals surface area contributed by atoms with Gasteiger partial charge >= 0.3 is 5.97 Å². The molecule has 0 radical (unpaired) electrons. The van der Waals surface area contributed by atoms with Crippen LogP contribution >= 0.6 is 23.8 Å². The lowest BCUT2D eigenvalue weighted by Gasteiger charge is -2.00. The fourth-order valence-electron chi connectivity index (χ4n) is 0.836. The molecule has 0 aliphatic heterocycles. The van der Waals surface area contributed by atoms with E-state index in [0.717, 1.165) is 12.1 Å². The van der Waals surface area contributed by atoms with E-state index in [4.69, 9.17) is 16.7 Å². The summed E-state index contributed by atoms with van der Waals surface area (Å²) in [5, 5.41) is 10.4. The van der Waals surface area contributed by atoms with Gasteiger partial charge in [0.2, 0.25) is 0 Å². The topological polar surface area (TPSA) is 49.7 Å². The molecule has 0 heterocycles. The molecule has 0 spiro atoms. The summed E-state index contributed by atoms with van der Waals surface area (Å²) in [6, 6.07) is 1.87. The maximum Gasteiger partial charge on any atom is 0.337 e. The van der Waals surface area contributed by atoms with Crippen LogP contribution in [0.4, 0.5) is 10.1 Å².